The molecule has 0 amide bonds. The van der Waals surface area contributed by atoms with Gasteiger partial charge in [0, 0.05) is 0 Å². The molecule has 1 N–H and O–H groups in total. The number of aliphatic hydroxyl groups is 1. The summed E-state index contributed by atoms with van der Waals surface area (Å²) in [6, 6.07) is 0. The van der Waals surface area contributed by atoms with Crippen molar-refractivity contribution in [3.63, 3.8) is 0 Å². The lowest BCUT2D eigenvalue weighted by Gasteiger charge is -2.40. The van der Waals surface area contributed by atoms with Gasteiger partial charge in [-0.1, -0.05) is 40.5 Å². The summed E-state index contributed by atoms with van der Waals surface area (Å²) in [5, 5.41) is 9.55. The molecule has 0 aromatic carbocycles. The Morgan fingerprint density at radius 1 is 1.25 bits per heavy atom. The van der Waals surface area contributed by atoms with Crippen LogP contribution in [0.1, 0.15) is 59.8 Å². The van der Waals surface area contributed by atoms with Crippen LogP contribution in [0.2, 0.25) is 0 Å². The van der Waals surface area contributed by atoms with Crippen LogP contribution in [0.25, 0.3) is 0 Å². The maximum atomic E-state index is 9.55. The van der Waals surface area contributed by atoms with Crippen LogP contribution in [0.4, 0.5) is 0 Å². The minimum atomic E-state index is -0.289. The third-order valence-electron chi connectivity index (χ3n) is 3.79. The molecule has 0 saturated heterocycles. The van der Waals surface area contributed by atoms with Crippen molar-refractivity contribution in [2.45, 2.75) is 72.0 Å². The van der Waals surface area contributed by atoms with Crippen LogP contribution >= 0.6 is 0 Å². The van der Waals surface area contributed by atoms with Gasteiger partial charge in [-0.05, 0) is 30.6 Å². The SMILES string of the molecule is CC[C@@H](O)CO[C@H]1CCCC[C@H]1C(C)(C)C. The van der Waals surface area contributed by atoms with Gasteiger partial charge in [0.05, 0.1) is 18.8 Å². The lowest BCUT2D eigenvalue weighted by molar-refractivity contribution is -0.0756. The molecule has 1 aliphatic rings. The van der Waals surface area contributed by atoms with E-state index in [0.29, 0.717) is 24.0 Å². The number of rotatable bonds is 4. The van der Waals surface area contributed by atoms with Crippen LogP contribution in [0.5, 0.6) is 0 Å². The van der Waals surface area contributed by atoms with Crippen LogP contribution < -0.4 is 0 Å². The molecule has 0 aromatic heterocycles. The Kier molecular flexibility index (Phi) is 5.26. The fraction of sp³-hybridized carbons (Fsp3) is 1.00. The van der Waals surface area contributed by atoms with E-state index in [1.165, 1.54) is 25.7 Å². The molecule has 0 bridgehead atoms. The Balaban J connectivity index is 2.47. The van der Waals surface area contributed by atoms with Crippen molar-refractivity contribution in [2.75, 3.05) is 6.61 Å². The smallest absolute Gasteiger partial charge is 0.0771 e. The molecule has 96 valence electrons. The van der Waals surface area contributed by atoms with E-state index >= 15 is 0 Å². The van der Waals surface area contributed by atoms with Gasteiger partial charge in [0.2, 0.25) is 0 Å². The first-order valence-electron chi connectivity index (χ1n) is 6.74. The molecule has 0 heterocycles. The molecular weight excluding hydrogens is 200 g/mol. The summed E-state index contributed by atoms with van der Waals surface area (Å²) >= 11 is 0. The molecule has 1 saturated carbocycles. The number of hydrogen-bond acceptors (Lipinski definition) is 2. The molecule has 0 radical (unpaired) electrons. The second kappa shape index (κ2) is 6.02. The highest BCUT2D eigenvalue weighted by Crippen LogP contribution is 2.39. The van der Waals surface area contributed by atoms with Crippen molar-refractivity contribution in [2.24, 2.45) is 11.3 Å². The average molecular weight is 228 g/mol. The van der Waals surface area contributed by atoms with E-state index in [1.807, 2.05) is 6.92 Å². The van der Waals surface area contributed by atoms with E-state index in [-0.39, 0.29) is 6.10 Å². The Hall–Kier alpha value is -0.0800. The van der Waals surface area contributed by atoms with E-state index in [2.05, 4.69) is 20.8 Å². The van der Waals surface area contributed by atoms with Crippen molar-refractivity contribution in [3.8, 4) is 0 Å². The van der Waals surface area contributed by atoms with E-state index in [0.717, 1.165) is 6.42 Å². The van der Waals surface area contributed by atoms with Gasteiger partial charge in [-0.25, -0.2) is 0 Å². The predicted octanol–water partition coefficient (Wildman–Crippen LogP) is 3.38. The summed E-state index contributed by atoms with van der Waals surface area (Å²) in [5.74, 6) is 0.644. The van der Waals surface area contributed by atoms with Crippen LogP contribution in [0.3, 0.4) is 0 Å². The van der Waals surface area contributed by atoms with Gasteiger partial charge in [0.25, 0.3) is 0 Å². The molecule has 1 aliphatic carbocycles. The van der Waals surface area contributed by atoms with Gasteiger partial charge in [0.1, 0.15) is 0 Å². The standard InChI is InChI=1S/C14H28O2/c1-5-11(15)10-16-13-9-7-6-8-12(13)14(2,3)4/h11-13,15H,5-10H2,1-4H3/t11-,12-,13+/m1/s1. The molecule has 0 aliphatic heterocycles. The molecule has 2 heteroatoms. The monoisotopic (exact) mass is 228 g/mol. The third kappa shape index (κ3) is 4.06. The van der Waals surface area contributed by atoms with Gasteiger partial charge >= 0.3 is 0 Å². The number of hydrogen-bond donors (Lipinski definition) is 1. The molecule has 0 spiro atoms. The average Bonchev–Trinajstić information content (AvgIpc) is 2.25. The molecular formula is C14H28O2. The molecule has 1 rings (SSSR count). The highest BCUT2D eigenvalue weighted by molar-refractivity contribution is 4.84. The highest BCUT2D eigenvalue weighted by atomic mass is 16.5. The molecule has 3 atom stereocenters. The van der Waals surface area contributed by atoms with Crippen molar-refractivity contribution >= 4 is 0 Å². The second-order valence-electron chi connectivity index (χ2n) is 6.19. The van der Waals surface area contributed by atoms with E-state index < -0.39 is 0 Å². The van der Waals surface area contributed by atoms with Gasteiger partial charge in [-0.3, -0.25) is 0 Å². The second-order valence-corrected chi connectivity index (χ2v) is 6.19. The van der Waals surface area contributed by atoms with Gasteiger partial charge < -0.3 is 9.84 Å². The summed E-state index contributed by atoms with van der Waals surface area (Å²) in [4.78, 5) is 0. The van der Waals surface area contributed by atoms with Crippen LogP contribution in [-0.2, 0) is 4.74 Å². The van der Waals surface area contributed by atoms with Crippen molar-refractivity contribution in [1.29, 1.82) is 0 Å². The normalized spacial score (nSPS) is 29.1. The van der Waals surface area contributed by atoms with E-state index in [9.17, 15) is 5.11 Å². The zero-order valence-corrected chi connectivity index (χ0v) is 11.3. The maximum Gasteiger partial charge on any atom is 0.0771 e. The first-order valence-corrected chi connectivity index (χ1v) is 6.74. The van der Waals surface area contributed by atoms with E-state index in [1.54, 1.807) is 0 Å². The maximum absolute atomic E-state index is 9.55. The van der Waals surface area contributed by atoms with Gasteiger partial charge in [0.15, 0.2) is 0 Å². The Morgan fingerprint density at radius 2 is 1.88 bits per heavy atom. The molecule has 1 fully saturated rings. The molecule has 0 unspecified atom stereocenters. The Bertz CT molecular complexity index is 195. The molecule has 2 nitrogen and oxygen atoms in total. The van der Waals surface area contributed by atoms with E-state index in [4.69, 9.17) is 4.74 Å². The topological polar surface area (TPSA) is 29.5 Å². The predicted molar refractivity (Wildman–Crippen MR) is 67.5 cm³/mol. The fourth-order valence-corrected chi connectivity index (χ4v) is 2.64. The first-order chi connectivity index (χ1) is 7.45. The largest absolute Gasteiger partial charge is 0.391 e. The minimum absolute atomic E-state index is 0.289. The minimum Gasteiger partial charge on any atom is -0.391 e. The van der Waals surface area contributed by atoms with Crippen LogP contribution in [-0.4, -0.2) is 23.9 Å². The fourth-order valence-electron chi connectivity index (χ4n) is 2.64. The van der Waals surface area contributed by atoms with Crippen LogP contribution in [0.15, 0.2) is 0 Å². The Morgan fingerprint density at radius 3 is 2.44 bits per heavy atom. The highest BCUT2D eigenvalue weighted by Gasteiger charge is 2.34. The zero-order chi connectivity index (χ0) is 12.2. The summed E-state index contributed by atoms with van der Waals surface area (Å²) < 4.78 is 5.92. The van der Waals surface area contributed by atoms with Gasteiger partial charge in [-0.2, -0.15) is 0 Å². The quantitative estimate of drug-likeness (QED) is 0.799. The van der Waals surface area contributed by atoms with Crippen molar-refractivity contribution in [3.05, 3.63) is 0 Å². The summed E-state index contributed by atoms with van der Waals surface area (Å²) in [6.07, 6.45) is 5.90. The lowest BCUT2D eigenvalue weighted by atomic mass is 9.70. The summed E-state index contributed by atoms with van der Waals surface area (Å²) in [7, 11) is 0. The van der Waals surface area contributed by atoms with Crippen molar-refractivity contribution in [1.82, 2.24) is 0 Å². The van der Waals surface area contributed by atoms with Gasteiger partial charge in [-0.15, -0.1) is 0 Å². The first kappa shape index (κ1) is 14.0. The molecule has 0 aromatic rings. The zero-order valence-electron chi connectivity index (χ0n) is 11.3. The third-order valence-corrected chi connectivity index (χ3v) is 3.79. The van der Waals surface area contributed by atoms with Crippen LogP contribution in [0, 0.1) is 11.3 Å². The Labute approximate surface area is 100 Å². The number of ether oxygens (including phenoxy) is 1. The summed E-state index contributed by atoms with van der Waals surface area (Å²) in [5.41, 5.74) is 0.322. The molecule has 16 heavy (non-hydrogen) atoms. The number of aliphatic hydroxyl groups excluding tert-OH is 1. The lowest BCUT2D eigenvalue weighted by Crippen LogP contribution is -2.38. The van der Waals surface area contributed by atoms with Crippen molar-refractivity contribution < 1.29 is 9.84 Å². The summed E-state index contributed by atoms with van der Waals surface area (Å²) in [6.45, 7) is 9.41.